The SMILES string of the molecule is C[C@@H](NC(=O)N(Cc1ccccc1)[C@H]1CC[C@H](c2ccnc3ccc(F)cc32)CC1)c1ccc(F)cc1. The number of benzene rings is 3. The van der Waals surface area contributed by atoms with Crippen molar-refractivity contribution in [2.24, 2.45) is 0 Å². The van der Waals surface area contributed by atoms with Crippen LogP contribution >= 0.6 is 0 Å². The second-order valence-electron chi connectivity index (χ2n) is 9.90. The summed E-state index contributed by atoms with van der Waals surface area (Å²) in [6, 6.07) is 22.7. The van der Waals surface area contributed by atoms with Gasteiger partial charge in [0.15, 0.2) is 0 Å². The van der Waals surface area contributed by atoms with Crippen LogP contribution in [0, 0.1) is 11.6 Å². The van der Waals surface area contributed by atoms with E-state index in [0.29, 0.717) is 12.5 Å². The molecular weight excluding hydrogens is 468 g/mol. The second-order valence-corrected chi connectivity index (χ2v) is 9.90. The number of aromatic nitrogens is 1. The summed E-state index contributed by atoms with van der Waals surface area (Å²) >= 11 is 0. The van der Waals surface area contributed by atoms with Gasteiger partial charge in [-0.2, -0.15) is 0 Å². The molecule has 4 nitrogen and oxygen atoms in total. The third kappa shape index (κ3) is 5.79. The summed E-state index contributed by atoms with van der Waals surface area (Å²) < 4.78 is 27.4. The van der Waals surface area contributed by atoms with Gasteiger partial charge in [-0.25, -0.2) is 13.6 Å². The Morgan fingerprint density at radius 2 is 1.65 bits per heavy atom. The van der Waals surface area contributed by atoms with Gasteiger partial charge in [0.25, 0.3) is 0 Å². The first kappa shape index (κ1) is 24.9. The van der Waals surface area contributed by atoms with Crippen LogP contribution in [-0.2, 0) is 6.54 Å². The van der Waals surface area contributed by atoms with Crippen molar-refractivity contribution in [1.82, 2.24) is 15.2 Å². The standard InChI is InChI=1S/C31H31F2N3O/c1-21(23-7-11-25(32)12-8-23)35-31(37)36(20-22-5-3-2-4-6-22)27-14-9-24(10-15-27)28-17-18-34-30-16-13-26(33)19-29(28)30/h2-8,11-13,16-19,21,24,27H,9-10,14-15,20H2,1H3,(H,35,37)/t21-,24-,27-/m1/s1. The summed E-state index contributed by atoms with van der Waals surface area (Å²) in [6.45, 7) is 2.43. The lowest BCUT2D eigenvalue weighted by Gasteiger charge is -2.38. The molecule has 6 heteroatoms. The van der Waals surface area contributed by atoms with Crippen LogP contribution in [0.15, 0.2) is 85.1 Å². The average molecular weight is 500 g/mol. The Morgan fingerprint density at radius 3 is 2.38 bits per heavy atom. The van der Waals surface area contributed by atoms with E-state index in [1.165, 1.54) is 18.2 Å². The van der Waals surface area contributed by atoms with Crippen molar-refractivity contribution in [3.05, 3.63) is 113 Å². The molecule has 0 aliphatic heterocycles. The Balaban J connectivity index is 1.32. The fourth-order valence-electron chi connectivity index (χ4n) is 5.44. The molecule has 190 valence electrons. The quantitative estimate of drug-likeness (QED) is 0.298. The number of nitrogens with one attached hydrogen (secondary N) is 1. The normalized spacial score (nSPS) is 18.4. The van der Waals surface area contributed by atoms with Gasteiger partial charge in [-0.3, -0.25) is 4.98 Å². The number of rotatable bonds is 6. The largest absolute Gasteiger partial charge is 0.331 e. The zero-order valence-corrected chi connectivity index (χ0v) is 20.9. The van der Waals surface area contributed by atoms with Crippen molar-refractivity contribution in [3.63, 3.8) is 0 Å². The molecule has 0 radical (unpaired) electrons. The molecule has 4 aromatic rings. The highest BCUT2D eigenvalue weighted by molar-refractivity contribution is 5.82. The van der Waals surface area contributed by atoms with Crippen molar-refractivity contribution < 1.29 is 13.6 Å². The molecule has 0 bridgehead atoms. The van der Waals surface area contributed by atoms with Gasteiger partial charge in [0, 0.05) is 24.2 Å². The molecular formula is C31H31F2N3O. The molecule has 1 aliphatic rings. The van der Waals surface area contributed by atoms with Gasteiger partial charge in [0.05, 0.1) is 11.6 Å². The van der Waals surface area contributed by atoms with Crippen LogP contribution in [0.4, 0.5) is 13.6 Å². The molecule has 0 spiro atoms. The molecule has 37 heavy (non-hydrogen) atoms. The molecule has 1 fully saturated rings. The Kier molecular flexibility index (Phi) is 7.45. The summed E-state index contributed by atoms with van der Waals surface area (Å²) in [6.07, 6.45) is 5.33. The first-order valence-electron chi connectivity index (χ1n) is 12.9. The molecule has 1 heterocycles. The topological polar surface area (TPSA) is 45.2 Å². The molecule has 1 saturated carbocycles. The molecule has 3 aromatic carbocycles. The summed E-state index contributed by atoms with van der Waals surface area (Å²) in [4.78, 5) is 19.9. The monoisotopic (exact) mass is 499 g/mol. The van der Waals surface area contributed by atoms with Gasteiger partial charge in [0.1, 0.15) is 11.6 Å². The minimum absolute atomic E-state index is 0.0849. The van der Waals surface area contributed by atoms with E-state index in [1.807, 2.05) is 48.2 Å². The number of hydrogen-bond acceptors (Lipinski definition) is 2. The maximum atomic E-state index is 14.0. The first-order valence-corrected chi connectivity index (χ1v) is 12.9. The zero-order chi connectivity index (χ0) is 25.8. The maximum absolute atomic E-state index is 14.0. The van der Waals surface area contributed by atoms with E-state index in [1.54, 1.807) is 30.5 Å². The Labute approximate surface area is 216 Å². The number of carbonyl (C=O) groups excluding carboxylic acids is 1. The summed E-state index contributed by atoms with van der Waals surface area (Å²) in [7, 11) is 0. The predicted molar refractivity (Wildman–Crippen MR) is 142 cm³/mol. The van der Waals surface area contributed by atoms with Crippen LogP contribution in [0.25, 0.3) is 10.9 Å². The average Bonchev–Trinajstić information content (AvgIpc) is 2.92. The molecule has 5 rings (SSSR count). The van der Waals surface area contributed by atoms with Gasteiger partial charge in [-0.05, 0) is 91.6 Å². The summed E-state index contributed by atoms with van der Waals surface area (Å²) in [5.41, 5.74) is 3.87. The third-order valence-corrected chi connectivity index (χ3v) is 7.48. The number of hydrogen-bond donors (Lipinski definition) is 1. The van der Waals surface area contributed by atoms with Gasteiger partial charge >= 0.3 is 6.03 Å². The summed E-state index contributed by atoms with van der Waals surface area (Å²) in [5.74, 6) is -0.255. The number of nitrogens with zero attached hydrogens (tertiary/aromatic N) is 2. The van der Waals surface area contributed by atoms with Gasteiger partial charge in [-0.1, -0.05) is 42.5 Å². The number of halogens is 2. The molecule has 0 unspecified atom stereocenters. The predicted octanol–water partition coefficient (Wildman–Crippen LogP) is 7.51. The lowest BCUT2D eigenvalue weighted by atomic mass is 9.80. The summed E-state index contributed by atoms with van der Waals surface area (Å²) in [5, 5.41) is 3.99. The molecule has 1 aliphatic carbocycles. The molecule has 1 aromatic heterocycles. The van der Waals surface area contributed by atoms with E-state index in [-0.39, 0.29) is 29.7 Å². The Morgan fingerprint density at radius 1 is 0.946 bits per heavy atom. The Bertz CT molecular complexity index is 1350. The lowest BCUT2D eigenvalue weighted by molar-refractivity contribution is 0.144. The van der Waals surface area contributed by atoms with Crippen LogP contribution in [0.5, 0.6) is 0 Å². The highest BCUT2D eigenvalue weighted by Crippen LogP contribution is 2.38. The smallest absolute Gasteiger partial charge is 0.318 e. The van der Waals surface area contributed by atoms with Crippen molar-refractivity contribution in [2.75, 3.05) is 0 Å². The fourth-order valence-corrected chi connectivity index (χ4v) is 5.44. The second kappa shape index (κ2) is 11.1. The van der Waals surface area contributed by atoms with Crippen molar-refractivity contribution in [1.29, 1.82) is 0 Å². The van der Waals surface area contributed by atoms with Crippen LogP contribution in [-0.4, -0.2) is 22.0 Å². The lowest BCUT2D eigenvalue weighted by Crippen LogP contribution is -2.47. The number of carbonyl (C=O) groups is 1. The van der Waals surface area contributed by atoms with Crippen molar-refractivity contribution in [2.45, 2.75) is 57.2 Å². The van der Waals surface area contributed by atoms with E-state index in [2.05, 4.69) is 10.3 Å². The number of pyridine rings is 1. The molecule has 1 N–H and O–H groups in total. The van der Waals surface area contributed by atoms with Crippen molar-refractivity contribution in [3.8, 4) is 0 Å². The molecule has 2 amide bonds. The van der Waals surface area contributed by atoms with Crippen LogP contribution in [0.3, 0.4) is 0 Å². The first-order chi connectivity index (χ1) is 18.0. The highest BCUT2D eigenvalue weighted by Gasteiger charge is 2.31. The van der Waals surface area contributed by atoms with Gasteiger partial charge in [-0.15, -0.1) is 0 Å². The van der Waals surface area contributed by atoms with Crippen LogP contribution in [0.2, 0.25) is 0 Å². The maximum Gasteiger partial charge on any atom is 0.318 e. The third-order valence-electron chi connectivity index (χ3n) is 7.48. The van der Waals surface area contributed by atoms with Gasteiger partial charge in [0.2, 0.25) is 0 Å². The number of urea groups is 1. The van der Waals surface area contributed by atoms with Crippen molar-refractivity contribution >= 4 is 16.9 Å². The fraction of sp³-hybridized carbons (Fsp3) is 0.290. The number of amides is 2. The highest BCUT2D eigenvalue weighted by atomic mass is 19.1. The number of fused-ring (bicyclic) bond motifs is 1. The molecule has 1 atom stereocenters. The molecule has 0 saturated heterocycles. The van der Waals surface area contributed by atoms with E-state index in [4.69, 9.17) is 0 Å². The Hall–Kier alpha value is -3.80. The zero-order valence-electron chi connectivity index (χ0n) is 20.9. The minimum Gasteiger partial charge on any atom is -0.331 e. The van der Waals surface area contributed by atoms with E-state index in [0.717, 1.165) is 53.3 Å². The van der Waals surface area contributed by atoms with Crippen LogP contribution in [0.1, 0.15) is 61.3 Å². The van der Waals surface area contributed by atoms with Gasteiger partial charge < -0.3 is 10.2 Å². The minimum atomic E-state index is -0.297. The van der Waals surface area contributed by atoms with Crippen LogP contribution < -0.4 is 5.32 Å². The van der Waals surface area contributed by atoms with E-state index >= 15 is 0 Å². The van der Waals surface area contributed by atoms with E-state index < -0.39 is 0 Å². The van der Waals surface area contributed by atoms with E-state index in [9.17, 15) is 13.6 Å².